The second-order valence-corrected chi connectivity index (χ2v) is 8.61. The number of nitrogens with zero attached hydrogens (tertiary/aromatic N) is 2. The zero-order valence-electron chi connectivity index (χ0n) is 16.7. The lowest BCUT2D eigenvalue weighted by atomic mass is 9.89. The van der Waals surface area contributed by atoms with E-state index >= 15 is 0 Å². The maximum Gasteiger partial charge on any atom is 0.416 e. The molecule has 1 saturated heterocycles. The van der Waals surface area contributed by atoms with Crippen LogP contribution in [-0.4, -0.2) is 37.2 Å². The summed E-state index contributed by atoms with van der Waals surface area (Å²) in [6, 6.07) is 8.88. The fraction of sp³-hybridized carbons (Fsp3) is 0.478. The fourth-order valence-corrected chi connectivity index (χ4v) is 5.20. The van der Waals surface area contributed by atoms with Crippen molar-refractivity contribution in [2.45, 2.75) is 43.9 Å². The van der Waals surface area contributed by atoms with E-state index in [2.05, 4.69) is 15.1 Å². The standard InChI is InChI=1S/C23H25F4N3/c24-19-12-17-2-1-9-30-21(28-20(13-19)22(17)30)14-29-10-7-16(8-11-29)15-3-5-18(6-4-15)23(25,26)27/h3-6,12-13,16,21,28H,1-2,7-11,14H2. The minimum Gasteiger partial charge on any atom is -0.362 e. The summed E-state index contributed by atoms with van der Waals surface area (Å²) in [5, 5.41) is 3.51. The van der Waals surface area contributed by atoms with Gasteiger partial charge in [-0.05, 0) is 80.1 Å². The molecule has 30 heavy (non-hydrogen) atoms. The van der Waals surface area contributed by atoms with Crippen molar-refractivity contribution in [3.05, 3.63) is 58.9 Å². The maximum absolute atomic E-state index is 13.9. The van der Waals surface area contributed by atoms with Gasteiger partial charge in [0.05, 0.1) is 16.9 Å². The van der Waals surface area contributed by atoms with Crippen LogP contribution in [0.25, 0.3) is 0 Å². The Balaban J connectivity index is 1.21. The van der Waals surface area contributed by atoms with E-state index in [-0.39, 0.29) is 12.0 Å². The third-order valence-corrected chi connectivity index (χ3v) is 6.71. The zero-order chi connectivity index (χ0) is 20.9. The fourth-order valence-electron chi connectivity index (χ4n) is 5.20. The molecule has 1 fully saturated rings. The third-order valence-electron chi connectivity index (χ3n) is 6.71. The predicted molar refractivity (Wildman–Crippen MR) is 109 cm³/mol. The molecule has 2 aromatic carbocycles. The van der Waals surface area contributed by atoms with Gasteiger partial charge in [0.15, 0.2) is 0 Å². The lowest BCUT2D eigenvalue weighted by Gasteiger charge is -2.37. The van der Waals surface area contributed by atoms with Crippen LogP contribution in [0.3, 0.4) is 0 Å². The van der Waals surface area contributed by atoms with Crippen LogP contribution in [0, 0.1) is 5.82 Å². The molecule has 0 saturated carbocycles. The number of halogens is 4. The van der Waals surface area contributed by atoms with Gasteiger partial charge in [-0.15, -0.1) is 0 Å². The molecule has 0 aromatic heterocycles. The zero-order valence-corrected chi connectivity index (χ0v) is 16.7. The van der Waals surface area contributed by atoms with Crippen molar-refractivity contribution in [1.29, 1.82) is 0 Å². The van der Waals surface area contributed by atoms with Gasteiger partial charge in [0.25, 0.3) is 0 Å². The summed E-state index contributed by atoms with van der Waals surface area (Å²) in [5.41, 5.74) is 3.55. The van der Waals surface area contributed by atoms with Crippen LogP contribution in [0.4, 0.5) is 28.9 Å². The number of rotatable bonds is 3. The summed E-state index contributed by atoms with van der Waals surface area (Å²) >= 11 is 0. The minimum absolute atomic E-state index is 0.142. The molecule has 7 heteroatoms. The highest BCUT2D eigenvalue weighted by Crippen LogP contribution is 2.42. The number of likely N-dealkylation sites (tertiary alicyclic amines) is 1. The molecule has 1 N–H and O–H groups in total. The highest BCUT2D eigenvalue weighted by atomic mass is 19.4. The molecule has 1 atom stereocenters. The van der Waals surface area contributed by atoms with E-state index in [1.807, 2.05) is 0 Å². The molecule has 3 aliphatic heterocycles. The van der Waals surface area contributed by atoms with E-state index in [4.69, 9.17) is 0 Å². The summed E-state index contributed by atoms with van der Waals surface area (Å²) in [7, 11) is 0. The number of benzene rings is 2. The van der Waals surface area contributed by atoms with E-state index in [1.54, 1.807) is 24.3 Å². The van der Waals surface area contributed by atoms with Crippen molar-refractivity contribution >= 4 is 11.4 Å². The Morgan fingerprint density at radius 2 is 1.73 bits per heavy atom. The first-order valence-corrected chi connectivity index (χ1v) is 10.6. The van der Waals surface area contributed by atoms with Gasteiger partial charge in [0.1, 0.15) is 12.0 Å². The van der Waals surface area contributed by atoms with Gasteiger partial charge in [0.2, 0.25) is 0 Å². The normalized spacial score (nSPS) is 22.1. The Hall–Kier alpha value is -2.28. The van der Waals surface area contributed by atoms with Crippen LogP contribution < -0.4 is 10.2 Å². The van der Waals surface area contributed by atoms with Crippen LogP contribution in [0.1, 0.15) is 41.9 Å². The van der Waals surface area contributed by atoms with E-state index in [9.17, 15) is 17.6 Å². The van der Waals surface area contributed by atoms with E-state index in [0.29, 0.717) is 5.92 Å². The van der Waals surface area contributed by atoms with Crippen molar-refractivity contribution in [1.82, 2.24) is 4.90 Å². The van der Waals surface area contributed by atoms with Crippen molar-refractivity contribution in [2.75, 3.05) is 36.4 Å². The number of piperidine rings is 1. The number of hydrogen-bond donors (Lipinski definition) is 1. The molecule has 0 radical (unpaired) electrons. The molecule has 2 aromatic rings. The Bertz CT molecular complexity index is 917. The Morgan fingerprint density at radius 3 is 2.43 bits per heavy atom. The van der Waals surface area contributed by atoms with Crippen molar-refractivity contribution in [2.24, 2.45) is 0 Å². The summed E-state index contributed by atoms with van der Waals surface area (Å²) in [5.74, 6) is 0.115. The largest absolute Gasteiger partial charge is 0.416 e. The smallest absolute Gasteiger partial charge is 0.362 e. The molecule has 5 rings (SSSR count). The molecule has 1 unspecified atom stereocenters. The second-order valence-electron chi connectivity index (χ2n) is 8.61. The first kappa shape index (κ1) is 19.7. The van der Waals surface area contributed by atoms with Gasteiger partial charge < -0.3 is 10.2 Å². The monoisotopic (exact) mass is 419 g/mol. The Morgan fingerprint density at radius 1 is 1.00 bits per heavy atom. The summed E-state index contributed by atoms with van der Waals surface area (Å²) in [6.45, 7) is 3.66. The van der Waals surface area contributed by atoms with Crippen molar-refractivity contribution in [3.8, 4) is 0 Å². The van der Waals surface area contributed by atoms with E-state index < -0.39 is 11.7 Å². The lowest BCUT2D eigenvalue weighted by Crippen LogP contribution is -2.48. The first-order chi connectivity index (χ1) is 14.4. The topological polar surface area (TPSA) is 18.5 Å². The maximum atomic E-state index is 13.9. The average molecular weight is 419 g/mol. The lowest BCUT2D eigenvalue weighted by molar-refractivity contribution is -0.137. The molecule has 0 amide bonds. The number of nitrogens with one attached hydrogen (secondary N) is 1. The highest BCUT2D eigenvalue weighted by Gasteiger charge is 2.35. The van der Waals surface area contributed by atoms with E-state index in [1.165, 1.54) is 12.1 Å². The highest BCUT2D eigenvalue weighted by molar-refractivity contribution is 5.80. The minimum atomic E-state index is -4.29. The van der Waals surface area contributed by atoms with Crippen LogP contribution >= 0.6 is 0 Å². The van der Waals surface area contributed by atoms with Gasteiger partial charge in [-0.1, -0.05) is 12.1 Å². The molecule has 160 valence electrons. The molecule has 0 spiro atoms. The molecule has 0 aliphatic carbocycles. The molecular formula is C23H25F4N3. The molecule has 3 nitrogen and oxygen atoms in total. The number of aryl methyl sites for hydroxylation is 1. The molecular weight excluding hydrogens is 394 g/mol. The molecule has 3 aliphatic rings. The van der Waals surface area contributed by atoms with Gasteiger partial charge in [-0.3, -0.25) is 4.90 Å². The quantitative estimate of drug-likeness (QED) is 0.688. The summed E-state index contributed by atoms with van der Waals surface area (Å²) < 4.78 is 52.2. The molecule has 3 heterocycles. The summed E-state index contributed by atoms with van der Waals surface area (Å²) in [6.07, 6.45) is -0.322. The van der Waals surface area contributed by atoms with Crippen LogP contribution in [0.2, 0.25) is 0 Å². The van der Waals surface area contributed by atoms with Gasteiger partial charge >= 0.3 is 6.18 Å². The first-order valence-electron chi connectivity index (χ1n) is 10.6. The van der Waals surface area contributed by atoms with Gasteiger partial charge in [-0.2, -0.15) is 13.2 Å². The second kappa shape index (κ2) is 7.45. The predicted octanol–water partition coefficient (Wildman–Crippen LogP) is 5.23. The van der Waals surface area contributed by atoms with Crippen LogP contribution in [0.15, 0.2) is 36.4 Å². The van der Waals surface area contributed by atoms with Gasteiger partial charge in [-0.25, -0.2) is 4.39 Å². The summed E-state index contributed by atoms with van der Waals surface area (Å²) in [4.78, 5) is 4.78. The van der Waals surface area contributed by atoms with Crippen molar-refractivity contribution < 1.29 is 17.6 Å². The number of hydrogen-bond acceptors (Lipinski definition) is 3. The van der Waals surface area contributed by atoms with E-state index in [0.717, 1.165) is 74.4 Å². The third kappa shape index (κ3) is 3.64. The Kier molecular flexibility index (Phi) is 4.88. The Labute approximate surface area is 173 Å². The number of anilines is 2. The van der Waals surface area contributed by atoms with Crippen LogP contribution in [-0.2, 0) is 12.6 Å². The van der Waals surface area contributed by atoms with Gasteiger partial charge in [0, 0.05) is 13.1 Å². The van der Waals surface area contributed by atoms with Crippen LogP contribution in [0.5, 0.6) is 0 Å². The average Bonchev–Trinajstić information content (AvgIpc) is 3.06. The van der Waals surface area contributed by atoms with Crippen molar-refractivity contribution in [3.63, 3.8) is 0 Å². The SMILES string of the molecule is Fc1cc2c3c(c1)NC(CN1CCC(c4ccc(C(F)(F)F)cc4)CC1)N3CCC2. The molecule has 0 bridgehead atoms. The number of alkyl halides is 3.